The Hall–Kier alpha value is -3.64. The van der Waals surface area contributed by atoms with Crippen molar-refractivity contribution in [2.24, 2.45) is 0 Å². The summed E-state index contributed by atoms with van der Waals surface area (Å²) in [6.07, 6.45) is 1.51. The lowest BCUT2D eigenvalue weighted by Gasteiger charge is -2.08. The predicted octanol–water partition coefficient (Wildman–Crippen LogP) is 4.99. The van der Waals surface area contributed by atoms with Crippen LogP contribution in [0.15, 0.2) is 77.3 Å². The predicted molar refractivity (Wildman–Crippen MR) is 108 cm³/mol. The van der Waals surface area contributed by atoms with Gasteiger partial charge in [-0.05, 0) is 48.5 Å². The molecule has 4 aromatic rings. The number of carbonyl (C=O) groups excluding carboxylic acids is 2. The topological polar surface area (TPSA) is 84.2 Å². The minimum Gasteiger partial charge on any atom is -0.451 e. The van der Waals surface area contributed by atoms with E-state index in [-0.39, 0.29) is 28.3 Å². The Morgan fingerprint density at radius 1 is 0.857 bits per heavy atom. The quantitative estimate of drug-likeness (QED) is 0.480. The number of fused-ring (bicyclic) bond motifs is 1. The van der Waals surface area contributed by atoms with Crippen molar-refractivity contribution < 1.29 is 14.0 Å². The molecule has 4 rings (SSSR count). The molecule has 2 aromatic heterocycles. The van der Waals surface area contributed by atoms with E-state index >= 15 is 0 Å². The van der Waals surface area contributed by atoms with Gasteiger partial charge in [0.05, 0.1) is 5.56 Å². The molecule has 2 heterocycles. The van der Waals surface area contributed by atoms with Gasteiger partial charge in [-0.25, -0.2) is 4.98 Å². The third-order valence-electron chi connectivity index (χ3n) is 4.05. The van der Waals surface area contributed by atoms with Crippen LogP contribution in [0.3, 0.4) is 0 Å². The summed E-state index contributed by atoms with van der Waals surface area (Å²) in [4.78, 5) is 28.5. The second kappa shape index (κ2) is 7.54. The summed E-state index contributed by atoms with van der Waals surface area (Å²) in [5.74, 6) is -0.489. The highest BCUT2D eigenvalue weighted by Crippen LogP contribution is 2.21. The summed E-state index contributed by atoms with van der Waals surface area (Å²) >= 11 is 5.93. The maximum Gasteiger partial charge on any atom is 0.291 e. The monoisotopic (exact) mass is 391 g/mol. The van der Waals surface area contributed by atoms with Gasteiger partial charge in [0.1, 0.15) is 10.7 Å². The molecule has 138 valence electrons. The van der Waals surface area contributed by atoms with E-state index in [1.165, 1.54) is 6.20 Å². The number of anilines is 2. The summed E-state index contributed by atoms with van der Waals surface area (Å²) in [5.41, 5.74) is 2.07. The Bertz CT molecular complexity index is 1140. The van der Waals surface area contributed by atoms with E-state index in [0.29, 0.717) is 17.0 Å². The van der Waals surface area contributed by atoms with Crippen molar-refractivity contribution in [3.05, 3.63) is 89.4 Å². The largest absolute Gasteiger partial charge is 0.451 e. The number of aromatic nitrogens is 1. The molecule has 0 aliphatic rings. The maximum absolute atomic E-state index is 12.4. The lowest BCUT2D eigenvalue weighted by molar-refractivity contribution is 0.0996. The summed E-state index contributed by atoms with van der Waals surface area (Å²) in [5, 5.41) is 6.49. The van der Waals surface area contributed by atoms with Crippen LogP contribution in [0, 0.1) is 0 Å². The van der Waals surface area contributed by atoms with Crippen molar-refractivity contribution in [2.45, 2.75) is 0 Å². The highest BCUT2D eigenvalue weighted by Gasteiger charge is 2.13. The average molecular weight is 392 g/mol. The highest BCUT2D eigenvalue weighted by molar-refractivity contribution is 6.33. The second-order valence-electron chi connectivity index (χ2n) is 5.98. The van der Waals surface area contributed by atoms with Crippen LogP contribution in [-0.2, 0) is 0 Å². The zero-order chi connectivity index (χ0) is 19.5. The fourth-order valence-electron chi connectivity index (χ4n) is 2.68. The van der Waals surface area contributed by atoms with E-state index in [4.69, 9.17) is 16.0 Å². The Morgan fingerprint density at radius 2 is 1.54 bits per heavy atom. The Balaban J connectivity index is 1.43. The maximum atomic E-state index is 12.4. The molecule has 0 spiro atoms. The number of pyridine rings is 1. The van der Waals surface area contributed by atoms with Crippen LogP contribution >= 0.6 is 11.6 Å². The Kier molecular flexibility index (Phi) is 4.78. The third-order valence-corrected chi connectivity index (χ3v) is 4.35. The molecule has 0 saturated heterocycles. The zero-order valence-corrected chi connectivity index (χ0v) is 15.2. The molecule has 0 bridgehead atoms. The number of carbonyl (C=O) groups is 2. The molecule has 0 unspecified atom stereocenters. The van der Waals surface area contributed by atoms with E-state index in [1.54, 1.807) is 48.5 Å². The minimum atomic E-state index is -0.364. The third kappa shape index (κ3) is 3.72. The SMILES string of the molecule is O=C(Nc1ccc(NC(=O)c2cccnc2Cl)cc1)c1cc2ccccc2o1. The fraction of sp³-hybridized carbons (Fsp3) is 0. The van der Waals surface area contributed by atoms with Crippen LogP contribution in [0.25, 0.3) is 11.0 Å². The number of amides is 2. The van der Waals surface area contributed by atoms with Crippen LogP contribution in [0.4, 0.5) is 11.4 Å². The van der Waals surface area contributed by atoms with Crippen molar-refractivity contribution in [2.75, 3.05) is 10.6 Å². The first-order chi connectivity index (χ1) is 13.6. The van der Waals surface area contributed by atoms with Gasteiger partial charge in [-0.15, -0.1) is 0 Å². The normalized spacial score (nSPS) is 10.6. The molecule has 28 heavy (non-hydrogen) atoms. The number of benzene rings is 2. The van der Waals surface area contributed by atoms with Gasteiger partial charge in [0.25, 0.3) is 11.8 Å². The van der Waals surface area contributed by atoms with E-state index in [1.807, 2.05) is 18.2 Å². The Morgan fingerprint density at radius 3 is 2.21 bits per heavy atom. The number of para-hydroxylation sites is 1. The molecule has 2 amide bonds. The van der Waals surface area contributed by atoms with Crippen LogP contribution < -0.4 is 10.6 Å². The molecule has 2 N–H and O–H groups in total. The van der Waals surface area contributed by atoms with Gasteiger partial charge in [-0.1, -0.05) is 29.8 Å². The van der Waals surface area contributed by atoms with Gasteiger partial charge < -0.3 is 15.1 Å². The van der Waals surface area contributed by atoms with Gasteiger partial charge in [0.2, 0.25) is 0 Å². The lowest BCUT2D eigenvalue weighted by atomic mass is 10.2. The standard InChI is InChI=1S/C21H14ClN3O3/c22-19-16(5-3-11-23-19)20(26)24-14-7-9-15(10-8-14)25-21(27)18-12-13-4-1-2-6-17(13)28-18/h1-12H,(H,24,26)(H,25,27). The molecule has 6 nitrogen and oxygen atoms in total. The van der Waals surface area contributed by atoms with Crippen LogP contribution in [0.2, 0.25) is 5.15 Å². The zero-order valence-electron chi connectivity index (χ0n) is 14.5. The summed E-state index contributed by atoms with van der Waals surface area (Å²) in [6, 6.07) is 19.0. The fourth-order valence-corrected chi connectivity index (χ4v) is 2.88. The first-order valence-corrected chi connectivity index (χ1v) is 8.80. The number of nitrogens with zero attached hydrogens (tertiary/aromatic N) is 1. The molecule has 0 aliphatic carbocycles. The van der Waals surface area contributed by atoms with Crippen molar-refractivity contribution >= 4 is 45.8 Å². The van der Waals surface area contributed by atoms with E-state index in [0.717, 1.165) is 5.39 Å². The van der Waals surface area contributed by atoms with Gasteiger partial charge in [0.15, 0.2) is 5.76 Å². The van der Waals surface area contributed by atoms with Crippen molar-refractivity contribution in [1.29, 1.82) is 0 Å². The van der Waals surface area contributed by atoms with Gasteiger partial charge in [0, 0.05) is 23.0 Å². The molecule has 0 aliphatic heterocycles. The van der Waals surface area contributed by atoms with Crippen LogP contribution in [0.1, 0.15) is 20.9 Å². The Labute approximate surface area is 165 Å². The smallest absolute Gasteiger partial charge is 0.291 e. The molecule has 7 heteroatoms. The van der Waals surface area contributed by atoms with E-state index < -0.39 is 0 Å². The molecular weight excluding hydrogens is 378 g/mol. The molecule has 0 fully saturated rings. The minimum absolute atomic E-state index is 0.134. The average Bonchev–Trinajstić information content (AvgIpc) is 3.14. The molecule has 0 radical (unpaired) electrons. The molecular formula is C21H14ClN3O3. The number of halogens is 1. The molecule has 2 aromatic carbocycles. The van der Waals surface area contributed by atoms with Gasteiger partial charge >= 0.3 is 0 Å². The van der Waals surface area contributed by atoms with E-state index in [2.05, 4.69) is 15.6 Å². The first kappa shape index (κ1) is 17.8. The van der Waals surface area contributed by atoms with Crippen molar-refractivity contribution in [1.82, 2.24) is 4.98 Å². The number of hydrogen-bond acceptors (Lipinski definition) is 4. The van der Waals surface area contributed by atoms with E-state index in [9.17, 15) is 9.59 Å². The summed E-state index contributed by atoms with van der Waals surface area (Å²) in [7, 11) is 0. The second-order valence-corrected chi connectivity index (χ2v) is 6.33. The number of hydrogen-bond donors (Lipinski definition) is 2. The lowest BCUT2D eigenvalue weighted by Crippen LogP contribution is -2.13. The number of nitrogens with one attached hydrogen (secondary N) is 2. The van der Waals surface area contributed by atoms with Crippen molar-refractivity contribution in [3.63, 3.8) is 0 Å². The number of rotatable bonds is 4. The van der Waals surface area contributed by atoms with Gasteiger partial charge in [-0.2, -0.15) is 0 Å². The van der Waals surface area contributed by atoms with Crippen LogP contribution in [-0.4, -0.2) is 16.8 Å². The molecule has 0 saturated carbocycles. The van der Waals surface area contributed by atoms with Crippen LogP contribution in [0.5, 0.6) is 0 Å². The number of furan rings is 1. The summed E-state index contributed by atoms with van der Waals surface area (Å²) in [6.45, 7) is 0. The first-order valence-electron chi connectivity index (χ1n) is 8.42. The van der Waals surface area contributed by atoms with Crippen molar-refractivity contribution in [3.8, 4) is 0 Å². The highest BCUT2D eigenvalue weighted by atomic mass is 35.5. The van der Waals surface area contributed by atoms with Gasteiger partial charge in [-0.3, -0.25) is 9.59 Å². The molecule has 0 atom stereocenters. The summed E-state index contributed by atoms with van der Waals surface area (Å²) < 4.78 is 5.55.